The number of aromatic nitrogens is 2. The second kappa shape index (κ2) is 5.34. The van der Waals surface area contributed by atoms with Crippen LogP contribution in [0.25, 0.3) is 0 Å². The molecule has 0 saturated carbocycles. The van der Waals surface area contributed by atoms with Crippen LogP contribution in [0.2, 0.25) is 0 Å². The molecule has 0 radical (unpaired) electrons. The van der Waals surface area contributed by atoms with Crippen molar-refractivity contribution in [2.24, 2.45) is 5.73 Å². The van der Waals surface area contributed by atoms with Gasteiger partial charge in [0.1, 0.15) is 0 Å². The van der Waals surface area contributed by atoms with Crippen LogP contribution in [0.1, 0.15) is 36.9 Å². The van der Waals surface area contributed by atoms with Crippen LogP contribution in [0.4, 0.5) is 0 Å². The maximum absolute atomic E-state index is 5.93. The van der Waals surface area contributed by atoms with Crippen LogP contribution in [-0.4, -0.2) is 42.1 Å². The van der Waals surface area contributed by atoms with E-state index in [0.29, 0.717) is 19.1 Å². The largest absolute Gasteiger partial charge is 0.379 e. The summed E-state index contributed by atoms with van der Waals surface area (Å²) in [6, 6.07) is -0.0377. The quantitative estimate of drug-likeness (QED) is 0.850. The summed E-state index contributed by atoms with van der Waals surface area (Å²) in [5.74, 6) is 1.36. The van der Waals surface area contributed by atoms with E-state index in [9.17, 15) is 0 Å². The van der Waals surface area contributed by atoms with Gasteiger partial charge in [0.15, 0.2) is 5.82 Å². The SMILES string of the molecule is NC1COCC1c1nc(CC2CCCCO2)no1. The Balaban J connectivity index is 1.62. The van der Waals surface area contributed by atoms with Crippen molar-refractivity contribution in [3.63, 3.8) is 0 Å². The lowest BCUT2D eigenvalue weighted by atomic mass is 10.0. The number of nitrogens with zero attached hydrogens (tertiary/aromatic N) is 2. The van der Waals surface area contributed by atoms with E-state index in [1.807, 2.05) is 0 Å². The Morgan fingerprint density at radius 1 is 1.28 bits per heavy atom. The Kier molecular flexibility index (Phi) is 3.58. The molecule has 1 aromatic rings. The van der Waals surface area contributed by atoms with Gasteiger partial charge in [0.2, 0.25) is 5.89 Å². The van der Waals surface area contributed by atoms with Gasteiger partial charge >= 0.3 is 0 Å². The summed E-state index contributed by atoms with van der Waals surface area (Å²) in [6.07, 6.45) is 4.42. The van der Waals surface area contributed by atoms with Crippen molar-refractivity contribution in [1.82, 2.24) is 10.1 Å². The van der Waals surface area contributed by atoms with Crippen LogP contribution in [-0.2, 0) is 15.9 Å². The molecule has 1 aromatic heterocycles. The van der Waals surface area contributed by atoms with Crippen LogP contribution in [0.15, 0.2) is 4.52 Å². The Morgan fingerprint density at radius 3 is 2.94 bits per heavy atom. The number of ether oxygens (including phenoxy) is 2. The standard InChI is InChI=1S/C12H19N3O3/c13-10-7-16-6-9(10)12-14-11(15-18-12)5-8-3-1-2-4-17-8/h8-10H,1-7,13H2. The second-order valence-corrected chi connectivity index (χ2v) is 5.05. The molecule has 2 fully saturated rings. The minimum Gasteiger partial charge on any atom is -0.379 e. The lowest BCUT2D eigenvalue weighted by Crippen LogP contribution is -2.27. The molecule has 6 heteroatoms. The average molecular weight is 253 g/mol. The molecule has 0 aliphatic carbocycles. The fourth-order valence-corrected chi connectivity index (χ4v) is 2.50. The number of hydrogen-bond donors (Lipinski definition) is 1. The topological polar surface area (TPSA) is 83.4 Å². The number of hydrogen-bond acceptors (Lipinski definition) is 6. The lowest BCUT2D eigenvalue weighted by molar-refractivity contribution is 0.0153. The fraction of sp³-hybridized carbons (Fsp3) is 0.833. The first-order valence-corrected chi connectivity index (χ1v) is 6.60. The molecule has 0 spiro atoms. The Morgan fingerprint density at radius 2 is 2.22 bits per heavy atom. The molecule has 0 aromatic carbocycles. The van der Waals surface area contributed by atoms with E-state index in [-0.39, 0.29) is 18.1 Å². The van der Waals surface area contributed by atoms with Crippen molar-refractivity contribution in [2.45, 2.75) is 43.7 Å². The normalized spacial score (nSPS) is 32.8. The molecule has 0 amide bonds. The van der Waals surface area contributed by atoms with Crippen molar-refractivity contribution >= 4 is 0 Å². The Hall–Kier alpha value is -0.980. The predicted octanol–water partition coefficient (Wildman–Crippen LogP) is 0.622. The van der Waals surface area contributed by atoms with Crippen molar-refractivity contribution < 1.29 is 14.0 Å². The molecule has 100 valence electrons. The van der Waals surface area contributed by atoms with Gasteiger partial charge in [-0.25, -0.2) is 0 Å². The van der Waals surface area contributed by atoms with Gasteiger partial charge in [-0.1, -0.05) is 5.16 Å². The summed E-state index contributed by atoms with van der Waals surface area (Å²) in [6.45, 7) is 1.98. The van der Waals surface area contributed by atoms with E-state index in [0.717, 1.165) is 31.7 Å². The zero-order valence-electron chi connectivity index (χ0n) is 10.4. The molecule has 2 N–H and O–H groups in total. The van der Waals surface area contributed by atoms with Gasteiger partial charge < -0.3 is 19.7 Å². The van der Waals surface area contributed by atoms with E-state index in [2.05, 4.69) is 10.1 Å². The van der Waals surface area contributed by atoms with Gasteiger partial charge in [-0.3, -0.25) is 0 Å². The smallest absolute Gasteiger partial charge is 0.233 e. The van der Waals surface area contributed by atoms with Gasteiger partial charge in [-0.05, 0) is 19.3 Å². The van der Waals surface area contributed by atoms with Gasteiger partial charge in [0, 0.05) is 19.1 Å². The van der Waals surface area contributed by atoms with Crippen LogP contribution in [0.3, 0.4) is 0 Å². The summed E-state index contributed by atoms with van der Waals surface area (Å²) in [7, 11) is 0. The van der Waals surface area contributed by atoms with E-state index < -0.39 is 0 Å². The van der Waals surface area contributed by atoms with Crippen molar-refractivity contribution in [2.75, 3.05) is 19.8 Å². The van der Waals surface area contributed by atoms with Gasteiger partial charge in [0.05, 0.1) is 25.2 Å². The van der Waals surface area contributed by atoms with Crippen LogP contribution in [0, 0.1) is 0 Å². The first-order valence-electron chi connectivity index (χ1n) is 6.60. The highest BCUT2D eigenvalue weighted by molar-refractivity contribution is 5.02. The highest BCUT2D eigenvalue weighted by Crippen LogP contribution is 2.23. The molecule has 2 saturated heterocycles. The molecular formula is C12H19N3O3. The van der Waals surface area contributed by atoms with Crippen LogP contribution >= 0.6 is 0 Å². The molecule has 0 bridgehead atoms. The molecular weight excluding hydrogens is 234 g/mol. The highest BCUT2D eigenvalue weighted by Gasteiger charge is 2.31. The summed E-state index contributed by atoms with van der Waals surface area (Å²) in [5, 5.41) is 4.01. The number of rotatable bonds is 3. The maximum atomic E-state index is 5.93. The first-order chi connectivity index (χ1) is 8.83. The van der Waals surface area contributed by atoms with E-state index in [1.165, 1.54) is 6.42 Å². The van der Waals surface area contributed by atoms with E-state index in [1.54, 1.807) is 0 Å². The zero-order chi connectivity index (χ0) is 12.4. The zero-order valence-corrected chi connectivity index (χ0v) is 10.4. The van der Waals surface area contributed by atoms with Crippen molar-refractivity contribution in [3.8, 4) is 0 Å². The summed E-state index contributed by atoms with van der Waals surface area (Å²) in [5.41, 5.74) is 5.93. The van der Waals surface area contributed by atoms with E-state index >= 15 is 0 Å². The third-order valence-corrected chi connectivity index (χ3v) is 3.61. The van der Waals surface area contributed by atoms with Crippen molar-refractivity contribution in [3.05, 3.63) is 11.7 Å². The summed E-state index contributed by atoms with van der Waals surface area (Å²) < 4.78 is 16.3. The molecule has 3 atom stereocenters. The lowest BCUT2D eigenvalue weighted by Gasteiger charge is -2.20. The molecule has 6 nitrogen and oxygen atoms in total. The van der Waals surface area contributed by atoms with Crippen LogP contribution < -0.4 is 5.73 Å². The first kappa shape index (κ1) is 12.1. The molecule has 3 rings (SSSR count). The minimum absolute atomic E-state index is 0.0377. The average Bonchev–Trinajstić information content (AvgIpc) is 2.99. The monoisotopic (exact) mass is 253 g/mol. The number of nitrogens with two attached hydrogens (primary N) is 1. The molecule has 2 aliphatic rings. The second-order valence-electron chi connectivity index (χ2n) is 5.05. The third-order valence-electron chi connectivity index (χ3n) is 3.61. The van der Waals surface area contributed by atoms with Crippen LogP contribution in [0.5, 0.6) is 0 Å². The summed E-state index contributed by atoms with van der Waals surface area (Å²) in [4.78, 5) is 4.42. The fourth-order valence-electron chi connectivity index (χ4n) is 2.50. The maximum Gasteiger partial charge on any atom is 0.233 e. The minimum atomic E-state index is -0.0377. The third kappa shape index (κ3) is 2.55. The molecule has 3 heterocycles. The Bertz CT molecular complexity index is 390. The molecule has 2 aliphatic heterocycles. The van der Waals surface area contributed by atoms with Crippen molar-refractivity contribution in [1.29, 1.82) is 0 Å². The van der Waals surface area contributed by atoms with Gasteiger partial charge in [-0.15, -0.1) is 0 Å². The molecule has 3 unspecified atom stereocenters. The highest BCUT2D eigenvalue weighted by atomic mass is 16.5. The summed E-state index contributed by atoms with van der Waals surface area (Å²) >= 11 is 0. The molecule has 18 heavy (non-hydrogen) atoms. The predicted molar refractivity (Wildman–Crippen MR) is 63.1 cm³/mol. The van der Waals surface area contributed by atoms with Gasteiger partial charge in [0.25, 0.3) is 0 Å². The van der Waals surface area contributed by atoms with E-state index in [4.69, 9.17) is 19.7 Å². The van der Waals surface area contributed by atoms with Gasteiger partial charge in [-0.2, -0.15) is 4.98 Å². The Labute approximate surface area is 106 Å².